The normalized spacial score (nSPS) is 15.1. The number of carbonyl (C=O) groups excluding carboxylic acids is 1. The maximum Gasteiger partial charge on any atom is 0.314 e. The number of nitrogens with zero attached hydrogens (tertiary/aromatic N) is 1. The number of aliphatic hydroxyl groups excluding tert-OH is 1. The van der Waals surface area contributed by atoms with Crippen molar-refractivity contribution in [3.8, 4) is 0 Å². The Labute approximate surface area is 140 Å². The Morgan fingerprint density at radius 2 is 1.74 bits per heavy atom. The number of aryl methyl sites for hydroxylation is 1. The van der Waals surface area contributed by atoms with Crippen LogP contribution in [0.15, 0.2) is 24.3 Å². The van der Waals surface area contributed by atoms with E-state index in [0.717, 1.165) is 6.42 Å². The molecule has 0 saturated heterocycles. The standard InChI is InChI=1S/C18H31N3O2/c1-6-14(3)17(22)12-20-18(23)19-11-16(21(4)5)15-9-7-13(2)8-10-15/h7-10,14,16-17,22H,6,11-12H2,1-5H3,(H2,19,20,23). The second-order valence-electron chi connectivity index (χ2n) is 6.43. The topological polar surface area (TPSA) is 64.6 Å². The minimum atomic E-state index is -0.507. The molecule has 0 aliphatic heterocycles. The summed E-state index contributed by atoms with van der Waals surface area (Å²) in [6.07, 6.45) is 0.383. The zero-order valence-electron chi connectivity index (χ0n) is 15.0. The lowest BCUT2D eigenvalue weighted by Gasteiger charge is -2.25. The highest BCUT2D eigenvalue weighted by Crippen LogP contribution is 2.17. The van der Waals surface area contributed by atoms with E-state index in [2.05, 4.69) is 46.7 Å². The van der Waals surface area contributed by atoms with E-state index >= 15 is 0 Å². The van der Waals surface area contributed by atoms with E-state index in [9.17, 15) is 9.90 Å². The molecule has 1 aromatic carbocycles. The fraction of sp³-hybridized carbons (Fsp3) is 0.611. The first kappa shape index (κ1) is 19.5. The number of nitrogens with one attached hydrogen (secondary N) is 2. The van der Waals surface area contributed by atoms with Crippen molar-refractivity contribution in [2.24, 2.45) is 5.92 Å². The number of aliphatic hydroxyl groups is 1. The second-order valence-corrected chi connectivity index (χ2v) is 6.43. The maximum atomic E-state index is 11.9. The van der Waals surface area contributed by atoms with Gasteiger partial charge in [0.2, 0.25) is 0 Å². The van der Waals surface area contributed by atoms with Gasteiger partial charge in [0.05, 0.1) is 12.1 Å². The molecule has 0 heterocycles. The van der Waals surface area contributed by atoms with Crippen molar-refractivity contribution < 1.29 is 9.90 Å². The Hall–Kier alpha value is -1.59. The molecule has 3 N–H and O–H groups in total. The van der Waals surface area contributed by atoms with Crippen molar-refractivity contribution in [1.29, 1.82) is 0 Å². The molecule has 2 amide bonds. The molecule has 0 saturated carbocycles. The van der Waals surface area contributed by atoms with E-state index in [0.29, 0.717) is 6.54 Å². The summed E-state index contributed by atoms with van der Waals surface area (Å²) >= 11 is 0. The largest absolute Gasteiger partial charge is 0.391 e. The first-order chi connectivity index (χ1) is 10.8. The van der Waals surface area contributed by atoms with Crippen LogP contribution in [-0.2, 0) is 0 Å². The summed E-state index contributed by atoms with van der Waals surface area (Å²) in [6, 6.07) is 8.20. The fourth-order valence-electron chi connectivity index (χ4n) is 2.31. The summed E-state index contributed by atoms with van der Waals surface area (Å²) in [6.45, 7) is 6.85. The third-order valence-electron chi connectivity index (χ3n) is 4.31. The fourth-order valence-corrected chi connectivity index (χ4v) is 2.31. The minimum Gasteiger partial charge on any atom is -0.391 e. The van der Waals surface area contributed by atoms with Crippen molar-refractivity contribution in [3.05, 3.63) is 35.4 Å². The maximum absolute atomic E-state index is 11.9. The summed E-state index contributed by atoms with van der Waals surface area (Å²) in [5.74, 6) is 0.178. The molecule has 1 rings (SSSR count). The van der Waals surface area contributed by atoms with E-state index < -0.39 is 6.10 Å². The van der Waals surface area contributed by atoms with E-state index in [1.807, 2.05) is 27.9 Å². The molecule has 0 aromatic heterocycles. The average Bonchev–Trinajstić information content (AvgIpc) is 2.53. The number of hydrogen-bond donors (Lipinski definition) is 3. The lowest BCUT2D eigenvalue weighted by Crippen LogP contribution is -2.44. The summed E-state index contributed by atoms with van der Waals surface area (Å²) < 4.78 is 0. The van der Waals surface area contributed by atoms with Crippen LogP contribution in [0, 0.1) is 12.8 Å². The van der Waals surface area contributed by atoms with Gasteiger partial charge in [-0.2, -0.15) is 0 Å². The Bertz CT molecular complexity index is 474. The molecule has 0 bridgehead atoms. The number of benzene rings is 1. The van der Waals surface area contributed by atoms with Gasteiger partial charge in [0.1, 0.15) is 0 Å². The van der Waals surface area contributed by atoms with Crippen LogP contribution < -0.4 is 10.6 Å². The van der Waals surface area contributed by atoms with Crippen LogP contribution in [0.1, 0.15) is 37.4 Å². The molecule has 1 aromatic rings. The van der Waals surface area contributed by atoms with Crippen LogP contribution in [0.4, 0.5) is 4.79 Å². The lowest BCUT2D eigenvalue weighted by atomic mass is 10.0. The summed E-state index contributed by atoms with van der Waals surface area (Å²) in [5, 5.41) is 15.5. The van der Waals surface area contributed by atoms with E-state index in [-0.39, 0.29) is 24.5 Å². The monoisotopic (exact) mass is 321 g/mol. The third kappa shape index (κ3) is 6.59. The van der Waals surface area contributed by atoms with Crippen molar-refractivity contribution in [1.82, 2.24) is 15.5 Å². The zero-order chi connectivity index (χ0) is 17.4. The Kier molecular flexibility index (Phi) is 8.06. The highest BCUT2D eigenvalue weighted by Gasteiger charge is 2.16. The van der Waals surface area contributed by atoms with E-state index in [4.69, 9.17) is 0 Å². The molecule has 130 valence electrons. The number of likely N-dealkylation sites (N-methyl/N-ethyl adjacent to an activating group) is 1. The molecular formula is C18H31N3O2. The molecule has 0 spiro atoms. The van der Waals surface area contributed by atoms with Gasteiger partial charge in [-0.3, -0.25) is 0 Å². The smallest absolute Gasteiger partial charge is 0.314 e. The lowest BCUT2D eigenvalue weighted by molar-refractivity contribution is 0.114. The van der Waals surface area contributed by atoms with Crippen LogP contribution in [0.3, 0.4) is 0 Å². The van der Waals surface area contributed by atoms with Gasteiger partial charge in [0, 0.05) is 13.1 Å². The number of urea groups is 1. The van der Waals surface area contributed by atoms with Gasteiger partial charge < -0.3 is 20.6 Å². The minimum absolute atomic E-state index is 0.112. The van der Waals surface area contributed by atoms with Crippen molar-refractivity contribution in [2.45, 2.75) is 39.3 Å². The van der Waals surface area contributed by atoms with Crippen LogP contribution in [-0.4, -0.2) is 49.3 Å². The Balaban J connectivity index is 2.49. The molecular weight excluding hydrogens is 290 g/mol. The summed E-state index contributed by atoms with van der Waals surface area (Å²) in [4.78, 5) is 14.0. The van der Waals surface area contributed by atoms with Crippen LogP contribution >= 0.6 is 0 Å². The molecule has 3 atom stereocenters. The van der Waals surface area contributed by atoms with Crippen LogP contribution in [0.5, 0.6) is 0 Å². The number of hydrogen-bond acceptors (Lipinski definition) is 3. The van der Waals surface area contributed by atoms with Crippen molar-refractivity contribution in [3.63, 3.8) is 0 Å². The first-order valence-electron chi connectivity index (χ1n) is 8.27. The number of amides is 2. The molecule has 0 aliphatic carbocycles. The Morgan fingerprint density at radius 1 is 1.17 bits per heavy atom. The van der Waals surface area contributed by atoms with Gasteiger partial charge in [-0.25, -0.2) is 4.79 Å². The van der Waals surface area contributed by atoms with Gasteiger partial charge in [-0.15, -0.1) is 0 Å². The molecule has 0 aliphatic rings. The Morgan fingerprint density at radius 3 is 2.26 bits per heavy atom. The summed E-state index contributed by atoms with van der Waals surface area (Å²) in [5.41, 5.74) is 2.39. The van der Waals surface area contributed by atoms with Crippen LogP contribution in [0.2, 0.25) is 0 Å². The first-order valence-corrected chi connectivity index (χ1v) is 8.27. The van der Waals surface area contributed by atoms with Crippen LogP contribution in [0.25, 0.3) is 0 Å². The quantitative estimate of drug-likeness (QED) is 0.688. The molecule has 0 fully saturated rings. The highest BCUT2D eigenvalue weighted by molar-refractivity contribution is 5.73. The van der Waals surface area contributed by atoms with Gasteiger partial charge in [0.25, 0.3) is 0 Å². The van der Waals surface area contributed by atoms with E-state index in [1.54, 1.807) is 0 Å². The molecule has 0 radical (unpaired) electrons. The second kappa shape index (κ2) is 9.53. The third-order valence-corrected chi connectivity index (χ3v) is 4.31. The van der Waals surface area contributed by atoms with E-state index in [1.165, 1.54) is 11.1 Å². The molecule has 5 heteroatoms. The SMILES string of the molecule is CCC(C)C(O)CNC(=O)NCC(c1ccc(C)cc1)N(C)C. The van der Waals surface area contributed by atoms with Gasteiger partial charge >= 0.3 is 6.03 Å². The zero-order valence-corrected chi connectivity index (χ0v) is 15.0. The average molecular weight is 321 g/mol. The number of rotatable bonds is 8. The number of carbonyl (C=O) groups is 1. The molecule has 3 unspecified atom stereocenters. The van der Waals surface area contributed by atoms with Gasteiger partial charge in [0.15, 0.2) is 0 Å². The van der Waals surface area contributed by atoms with Crippen molar-refractivity contribution >= 4 is 6.03 Å². The van der Waals surface area contributed by atoms with Crippen molar-refractivity contribution in [2.75, 3.05) is 27.2 Å². The van der Waals surface area contributed by atoms with Gasteiger partial charge in [-0.05, 0) is 32.5 Å². The predicted octanol–water partition coefficient (Wildman–Crippen LogP) is 2.30. The van der Waals surface area contributed by atoms with Gasteiger partial charge in [-0.1, -0.05) is 50.1 Å². The highest BCUT2D eigenvalue weighted by atomic mass is 16.3. The summed E-state index contributed by atoms with van der Waals surface area (Å²) in [7, 11) is 3.99. The molecule has 23 heavy (non-hydrogen) atoms. The molecule has 5 nitrogen and oxygen atoms in total. The predicted molar refractivity (Wildman–Crippen MR) is 94.5 cm³/mol.